The molecule has 1 heterocycles. The van der Waals surface area contributed by atoms with Gasteiger partial charge in [-0.05, 0) is 36.8 Å². The van der Waals surface area contributed by atoms with Crippen molar-refractivity contribution in [2.24, 2.45) is 11.8 Å². The maximum atomic E-state index is 12.3. The molecular formula is C19H28N2O5. The normalized spacial score (nSPS) is 21.1. The van der Waals surface area contributed by atoms with E-state index in [9.17, 15) is 14.4 Å². The van der Waals surface area contributed by atoms with Crippen molar-refractivity contribution in [2.45, 2.75) is 58.5 Å². The van der Waals surface area contributed by atoms with Crippen molar-refractivity contribution in [1.82, 2.24) is 10.6 Å². The number of ether oxygens (including phenoxy) is 1. The van der Waals surface area contributed by atoms with E-state index in [0.717, 1.165) is 19.3 Å². The minimum absolute atomic E-state index is 0.118. The van der Waals surface area contributed by atoms with Gasteiger partial charge in [-0.2, -0.15) is 0 Å². The molecular weight excluding hydrogens is 336 g/mol. The fourth-order valence-electron chi connectivity index (χ4n) is 3.12. The summed E-state index contributed by atoms with van der Waals surface area (Å²) >= 11 is 0. The van der Waals surface area contributed by atoms with E-state index >= 15 is 0 Å². The van der Waals surface area contributed by atoms with Crippen LogP contribution in [0.1, 0.15) is 57.0 Å². The van der Waals surface area contributed by atoms with Crippen molar-refractivity contribution in [3.63, 3.8) is 0 Å². The van der Waals surface area contributed by atoms with Gasteiger partial charge in [-0.3, -0.25) is 9.59 Å². The van der Waals surface area contributed by atoms with Crippen LogP contribution >= 0.6 is 0 Å². The van der Waals surface area contributed by atoms with E-state index in [1.165, 1.54) is 18.8 Å². The Hall–Kier alpha value is -2.31. The highest BCUT2D eigenvalue weighted by molar-refractivity contribution is 5.94. The van der Waals surface area contributed by atoms with Crippen LogP contribution in [0.3, 0.4) is 0 Å². The molecule has 1 saturated carbocycles. The van der Waals surface area contributed by atoms with Crippen LogP contribution in [-0.4, -0.2) is 36.5 Å². The van der Waals surface area contributed by atoms with Crippen LogP contribution in [0.15, 0.2) is 22.8 Å². The molecule has 1 fully saturated rings. The Morgan fingerprint density at radius 1 is 1.27 bits per heavy atom. The summed E-state index contributed by atoms with van der Waals surface area (Å²) in [6.45, 7) is 5.35. The van der Waals surface area contributed by atoms with Crippen molar-refractivity contribution >= 4 is 17.8 Å². The molecule has 1 aromatic rings. The molecule has 2 amide bonds. The lowest BCUT2D eigenvalue weighted by atomic mass is 9.86. The molecule has 0 radical (unpaired) electrons. The molecule has 2 N–H and O–H groups in total. The number of amides is 2. The minimum atomic E-state index is -0.853. The van der Waals surface area contributed by atoms with Crippen LogP contribution in [0.2, 0.25) is 0 Å². The summed E-state index contributed by atoms with van der Waals surface area (Å²) in [6.07, 6.45) is 5.72. The van der Waals surface area contributed by atoms with Gasteiger partial charge in [0.05, 0.1) is 6.26 Å². The first kappa shape index (κ1) is 20.0. The molecule has 0 spiro atoms. The molecule has 1 aliphatic carbocycles. The van der Waals surface area contributed by atoms with Crippen molar-refractivity contribution in [1.29, 1.82) is 0 Å². The monoisotopic (exact) mass is 364 g/mol. The van der Waals surface area contributed by atoms with E-state index in [1.54, 1.807) is 19.9 Å². The average molecular weight is 364 g/mol. The lowest BCUT2D eigenvalue weighted by Crippen LogP contribution is -2.47. The standard InChI is InChI=1S/C19H28N2O5/c1-12(2)17(21-18(23)15-9-6-10-25-15)19(24)26-11-16(22)20-14-8-5-4-7-13(14)3/h6,9-10,12-14,17H,4-5,7-8,11H2,1-3H3,(H,20,22)(H,21,23). The number of esters is 1. The predicted molar refractivity (Wildman–Crippen MR) is 95.3 cm³/mol. The number of carbonyl (C=O) groups excluding carboxylic acids is 3. The van der Waals surface area contributed by atoms with E-state index in [0.29, 0.717) is 5.92 Å². The third-order valence-corrected chi connectivity index (χ3v) is 4.76. The number of hydrogen-bond donors (Lipinski definition) is 2. The SMILES string of the molecule is CC(C)C(NC(=O)c1ccco1)C(=O)OCC(=O)NC1CCCCC1C. The topological polar surface area (TPSA) is 97.6 Å². The van der Waals surface area contributed by atoms with Gasteiger partial charge in [0, 0.05) is 6.04 Å². The molecule has 7 heteroatoms. The second kappa shape index (κ2) is 9.40. The predicted octanol–water partition coefficient (Wildman–Crippen LogP) is 2.27. The fourth-order valence-corrected chi connectivity index (χ4v) is 3.12. The van der Waals surface area contributed by atoms with E-state index < -0.39 is 17.9 Å². The lowest BCUT2D eigenvalue weighted by molar-refractivity contribution is -0.151. The first-order valence-corrected chi connectivity index (χ1v) is 9.19. The second-order valence-corrected chi connectivity index (χ2v) is 7.22. The molecule has 144 valence electrons. The van der Waals surface area contributed by atoms with Gasteiger partial charge in [-0.25, -0.2) is 4.79 Å². The Morgan fingerprint density at radius 3 is 2.62 bits per heavy atom. The summed E-state index contributed by atoms with van der Waals surface area (Å²) in [6, 6.07) is 2.38. The zero-order valence-electron chi connectivity index (χ0n) is 15.6. The summed E-state index contributed by atoms with van der Waals surface area (Å²) in [7, 11) is 0. The van der Waals surface area contributed by atoms with E-state index in [2.05, 4.69) is 17.6 Å². The molecule has 0 aliphatic heterocycles. The Bertz CT molecular complexity index is 611. The zero-order valence-corrected chi connectivity index (χ0v) is 15.6. The Kier molecular flexibility index (Phi) is 7.24. The van der Waals surface area contributed by atoms with Crippen LogP contribution in [0.25, 0.3) is 0 Å². The number of nitrogens with one attached hydrogen (secondary N) is 2. The lowest BCUT2D eigenvalue weighted by Gasteiger charge is -2.29. The van der Waals surface area contributed by atoms with E-state index in [4.69, 9.17) is 9.15 Å². The molecule has 1 aromatic heterocycles. The molecule has 2 rings (SSSR count). The van der Waals surface area contributed by atoms with Crippen LogP contribution in [0, 0.1) is 11.8 Å². The van der Waals surface area contributed by atoms with Crippen LogP contribution in [0.4, 0.5) is 0 Å². The summed E-state index contributed by atoms with van der Waals surface area (Å²) < 4.78 is 10.1. The summed E-state index contributed by atoms with van der Waals surface area (Å²) in [4.78, 5) is 36.4. The zero-order chi connectivity index (χ0) is 19.1. The quantitative estimate of drug-likeness (QED) is 0.723. The van der Waals surface area contributed by atoms with Crippen LogP contribution in [0.5, 0.6) is 0 Å². The third-order valence-electron chi connectivity index (χ3n) is 4.76. The highest BCUT2D eigenvalue weighted by Gasteiger charge is 2.28. The first-order valence-electron chi connectivity index (χ1n) is 9.19. The van der Waals surface area contributed by atoms with Crippen molar-refractivity contribution < 1.29 is 23.5 Å². The molecule has 1 aliphatic rings. The number of hydrogen-bond acceptors (Lipinski definition) is 5. The van der Waals surface area contributed by atoms with Gasteiger partial charge < -0.3 is 19.8 Å². The number of rotatable bonds is 7. The highest BCUT2D eigenvalue weighted by atomic mass is 16.5. The van der Waals surface area contributed by atoms with Gasteiger partial charge in [0.2, 0.25) is 0 Å². The maximum Gasteiger partial charge on any atom is 0.329 e. The fraction of sp³-hybridized carbons (Fsp3) is 0.632. The number of carbonyl (C=O) groups is 3. The van der Waals surface area contributed by atoms with Crippen LogP contribution < -0.4 is 10.6 Å². The molecule has 7 nitrogen and oxygen atoms in total. The second-order valence-electron chi connectivity index (χ2n) is 7.22. The van der Waals surface area contributed by atoms with Gasteiger partial charge >= 0.3 is 5.97 Å². The van der Waals surface area contributed by atoms with E-state index in [-0.39, 0.29) is 30.2 Å². The Morgan fingerprint density at radius 2 is 2.00 bits per heavy atom. The molecule has 26 heavy (non-hydrogen) atoms. The third kappa shape index (κ3) is 5.61. The average Bonchev–Trinajstić information content (AvgIpc) is 3.14. The van der Waals surface area contributed by atoms with Gasteiger partial charge in [-0.1, -0.05) is 33.6 Å². The van der Waals surface area contributed by atoms with Gasteiger partial charge in [0.15, 0.2) is 12.4 Å². The molecule has 3 atom stereocenters. The van der Waals surface area contributed by atoms with Gasteiger partial charge in [-0.15, -0.1) is 0 Å². The van der Waals surface area contributed by atoms with Crippen molar-refractivity contribution in [2.75, 3.05) is 6.61 Å². The van der Waals surface area contributed by atoms with E-state index in [1.807, 2.05) is 0 Å². The summed E-state index contributed by atoms with van der Waals surface area (Å²) in [5, 5.41) is 5.53. The highest BCUT2D eigenvalue weighted by Crippen LogP contribution is 2.23. The number of furan rings is 1. The Labute approximate surface area is 153 Å². The molecule has 3 unspecified atom stereocenters. The van der Waals surface area contributed by atoms with Crippen molar-refractivity contribution in [3.05, 3.63) is 24.2 Å². The summed E-state index contributed by atoms with van der Waals surface area (Å²) in [5.41, 5.74) is 0. The van der Waals surface area contributed by atoms with Gasteiger partial charge in [0.1, 0.15) is 6.04 Å². The van der Waals surface area contributed by atoms with Crippen molar-refractivity contribution in [3.8, 4) is 0 Å². The Balaban J connectivity index is 1.83. The van der Waals surface area contributed by atoms with Gasteiger partial charge in [0.25, 0.3) is 11.8 Å². The smallest absolute Gasteiger partial charge is 0.329 e. The summed E-state index contributed by atoms with van der Waals surface area (Å²) in [5.74, 6) is -1.08. The molecule has 0 aromatic carbocycles. The molecule has 0 bridgehead atoms. The maximum absolute atomic E-state index is 12.3. The largest absolute Gasteiger partial charge is 0.459 e. The van der Waals surface area contributed by atoms with Crippen LogP contribution in [-0.2, 0) is 14.3 Å². The molecule has 0 saturated heterocycles. The first-order chi connectivity index (χ1) is 12.4. The minimum Gasteiger partial charge on any atom is -0.459 e.